The van der Waals surface area contributed by atoms with E-state index in [0.29, 0.717) is 12.2 Å². The van der Waals surface area contributed by atoms with Crippen LogP contribution in [0.3, 0.4) is 0 Å². The average Bonchev–Trinajstić information content (AvgIpc) is 2.85. The second-order valence-corrected chi connectivity index (χ2v) is 3.18. The highest BCUT2D eigenvalue weighted by Crippen LogP contribution is 2.15. The highest BCUT2D eigenvalue weighted by Gasteiger charge is 2.14. The lowest BCUT2D eigenvalue weighted by Crippen LogP contribution is -2.29. The summed E-state index contributed by atoms with van der Waals surface area (Å²) in [6.45, 7) is 0. The molecule has 0 saturated heterocycles. The summed E-state index contributed by atoms with van der Waals surface area (Å²) in [5.74, 6) is 6.08. The van der Waals surface area contributed by atoms with Crippen molar-refractivity contribution in [2.45, 2.75) is 12.5 Å². The van der Waals surface area contributed by atoms with Crippen LogP contribution in [0, 0.1) is 0 Å². The SMILES string of the molecule is Cn1nnc(CC(NN)c2ccoc2)n1. The minimum atomic E-state index is -0.0621. The predicted molar refractivity (Wildman–Crippen MR) is 51.3 cm³/mol. The van der Waals surface area contributed by atoms with Gasteiger partial charge >= 0.3 is 0 Å². The maximum Gasteiger partial charge on any atom is 0.176 e. The van der Waals surface area contributed by atoms with Crippen molar-refractivity contribution in [3.63, 3.8) is 0 Å². The van der Waals surface area contributed by atoms with Crippen molar-refractivity contribution in [3.05, 3.63) is 30.0 Å². The van der Waals surface area contributed by atoms with E-state index in [-0.39, 0.29) is 6.04 Å². The molecule has 0 aromatic carbocycles. The summed E-state index contributed by atoms with van der Waals surface area (Å²) in [5, 5.41) is 11.7. The molecule has 0 saturated carbocycles. The molecule has 80 valence electrons. The van der Waals surface area contributed by atoms with Gasteiger partial charge in [-0.05, 0) is 11.3 Å². The van der Waals surface area contributed by atoms with Crippen LogP contribution >= 0.6 is 0 Å². The van der Waals surface area contributed by atoms with E-state index in [2.05, 4.69) is 20.8 Å². The average molecular weight is 208 g/mol. The van der Waals surface area contributed by atoms with Gasteiger partial charge in [-0.3, -0.25) is 11.3 Å². The molecule has 0 aliphatic heterocycles. The number of hydrogen-bond donors (Lipinski definition) is 2. The van der Waals surface area contributed by atoms with Crippen LogP contribution in [0.1, 0.15) is 17.4 Å². The lowest BCUT2D eigenvalue weighted by atomic mass is 10.1. The monoisotopic (exact) mass is 208 g/mol. The van der Waals surface area contributed by atoms with Gasteiger partial charge in [0.2, 0.25) is 0 Å². The molecule has 0 spiro atoms. The Morgan fingerprint density at radius 1 is 1.67 bits per heavy atom. The van der Waals surface area contributed by atoms with Crippen LogP contribution in [0.5, 0.6) is 0 Å². The molecule has 1 unspecified atom stereocenters. The molecule has 0 fully saturated rings. The first-order valence-corrected chi connectivity index (χ1v) is 4.50. The van der Waals surface area contributed by atoms with Gasteiger partial charge in [-0.1, -0.05) is 0 Å². The molecular weight excluding hydrogens is 196 g/mol. The Balaban J connectivity index is 2.09. The molecule has 0 amide bonds. The summed E-state index contributed by atoms with van der Waals surface area (Å²) < 4.78 is 4.98. The van der Waals surface area contributed by atoms with Gasteiger partial charge in [-0.15, -0.1) is 10.2 Å². The number of aryl methyl sites for hydroxylation is 1. The molecule has 0 radical (unpaired) electrons. The van der Waals surface area contributed by atoms with E-state index in [0.717, 1.165) is 5.56 Å². The summed E-state index contributed by atoms with van der Waals surface area (Å²) in [4.78, 5) is 1.41. The van der Waals surface area contributed by atoms with Crippen LogP contribution in [0.15, 0.2) is 23.0 Å². The number of rotatable bonds is 4. The number of hydrazine groups is 1. The van der Waals surface area contributed by atoms with Crippen molar-refractivity contribution in [3.8, 4) is 0 Å². The maximum atomic E-state index is 5.44. The Kier molecular flexibility index (Phi) is 2.75. The van der Waals surface area contributed by atoms with Crippen molar-refractivity contribution < 1.29 is 4.42 Å². The summed E-state index contributed by atoms with van der Waals surface area (Å²) >= 11 is 0. The highest BCUT2D eigenvalue weighted by atomic mass is 16.3. The predicted octanol–water partition coefficient (Wildman–Crippen LogP) is -0.450. The third kappa shape index (κ3) is 2.20. The number of nitrogens with zero attached hydrogens (tertiary/aromatic N) is 4. The summed E-state index contributed by atoms with van der Waals surface area (Å²) in [5.41, 5.74) is 3.65. The quantitative estimate of drug-likeness (QED) is 0.522. The molecule has 2 heterocycles. The largest absolute Gasteiger partial charge is 0.472 e. The number of hydrogen-bond acceptors (Lipinski definition) is 6. The molecule has 2 rings (SSSR count). The van der Waals surface area contributed by atoms with Gasteiger partial charge in [0.25, 0.3) is 0 Å². The van der Waals surface area contributed by atoms with Gasteiger partial charge in [-0.2, -0.15) is 4.80 Å². The van der Waals surface area contributed by atoms with Gasteiger partial charge in [0.15, 0.2) is 5.82 Å². The minimum absolute atomic E-state index is 0.0621. The van der Waals surface area contributed by atoms with E-state index in [4.69, 9.17) is 10.3 Å². The zero-order valence-electron chi connectivity index (χ0n) is 8.29. The fraction of sp³-hybridized carbons (Fsp3) is 0.375. The Hall–Kier alpha value is -1.73. The van der Waals surface area contributed by atoms with Crippen molar-refractivity contribution >= 4 is 0 Å². The zero-order valence-corrected chi connectivity index (χ0v) is 8.29. The van der Waals surface area contributed by atoms with Crippen LogP contribution in [0.4, 0.5) is 0 Å². The van der Waals surface area contributed by atoms with Gasteiger partial charge < -0.3 is 4.42 Å². The number of furan rings is 1. The molecule has 0 bridgehead atoms. The molecule has 7 nitrogen and oxygen atoms in total. The van der Waals surface area contributed by atoms with Crippen molar-refractivity contribution in [1.82, 2.24) is 25.6 Å². The smallest absolute Gasteiger partial charge is 0.176 e. The van der Waals surface area contributed by atoms with E-state index in [1.807, 2.05) is 6.07 Å². The lowest BCUT2D eigenvalue weighted by Gasteiger charge is -2.10. The maximum absolute atomic E-state index is 5.44. The molecule has 3 N–H and O–H groups in total. The van der Waals surface area contributed by atoms with E-state index in [1.165, 1.54) is 4.80 Å². The van der Waals surface area contributed by atoms with Crippen molar-refractivity contribution in [2.75, 3.05) is 0 Å². The van der Waals surface area contributed by atoms with E-state index in [1.54, 1.807) is 19.6 Å². The molecule has 2 aromatic rings. The normalized spacial score (nSPS) is 12.9. The van der Waals surface area contributed by atoms with Crippen LogP contribution in [-0.4, -0.2) is 20.2 Å². The third-order valence-corrected chi connectivity index (χ3v) is 2.08. The Morgan fingerprint density at radius 2 is 2.53 bits per heavy atom. The van der Waals surface area contributed by atoms with Crippen molar-refractivity contribution in [2.24, 2.45) is 12.9 Å². The summed E-state index contributed by atoms with van der Waals surface area (Å²) in [7, 11) is 1.72. The first kappa shape index (κ1) is 9.81. The van der Waals surface area contributed by atoms with Crippen LogP contribution in [-0.2, 0) is 13.5 Å². The summed E-state index contributed by atoms with van der Waals surface area (Å²) in [6.07, 6.45) is 3.81. The fourth-order valence-electron chi connectivity index (χ4n) is 1.33. The molecule has 1 atom stereocenters. The fourth-order valence-corrected chi connectivity index (χ4v) is 1.33. The molecule has 7 heteroatoms. The topological polar surface area (TPSA) is 94.8 Å². The lowest BCUT2D eigenvalue weighted by molar-refractivity contribution is 0.516. The Labute approximate surface area is 86.2 Å². The number of tetrazole rings is 1. The first-order valence-electron chi connectivity index (χ1n) is 4.50. The molecule has 15 heavy (non-hydrogen) atoms. The van der Waals surface area contributed by atoms with Crippen LogP contribution in [0.2, 0.25) is 0 Å². The van der Waals surface area contributed by atoms with Crippen molar-refractivity contribution in [1.29, 1.82) is 0 Å². The first-order chi connectivity index (χ1) is 7.29. The Morgan fingerprint density at radius 3 is 3.07 bits per heavy atom. The van der Waals surface area contributed by atoms with Gasteiger partial charge in [-0.25, -0.2) is 0 Å². The number of nitrogens with two attached hydrogens (primary N) is 1. The number of nitrogens with one attached hydrogen (secondary N) is 1. The molecular formula is C8H12N6O. The molecule has 2 aromatic heterocycles. The van der Waals surface area contributed by atoms with E-state index < -0.39 is 0 Å². The van der Waals surface area contributed by atoms with Gasteiger partial charge in [0, 0.05) is 12.0 Å². The van der Waals surface area contributed by atoms with Gasteiger partial charge in [0.05, 0.1) is 25.6 Å². The standard InChI is InChI=1S/C8H12N6O/c1-14-12-8(11-13-14)4-7(10-9)6-2-3-15-5-6/h2-3,5,7,10H,4,9H2,1H3. The molecule has 0 aliphatic carbocycles. The number of aromatic nitrogens is 4. The van der Waals surface area contributed by atoms with Crippen LogP contribution in [0.25, 0.3) is 0 Å². The van der Waals surface area contributed by atoms with Crippen LogP contribution < -0.4 is 11.3 Å². The minimum Gasteiger partial charge on any atom is -0.472 e. The van der Waals surface area contributed by atoms with E-state index >= 15 is 0 Å². The van der Waals surface area contributed by atoms with Gasteiger partial charge in [0.1, 0.15) is 0 Å². The van der Waals surface area contributed by atoms with E-state index in [9.17, 15) is 0 Å². The Bertz CT molecular complexity index is 408. The highest BCUT2D eigenvalue weighted by molar-refractivity contribution is 5.12. The second-order valence-electron chi connectivity index (χ2n) is 3.18. The molecule has 0 aliphatic rings. The second kappa shape index (κ2) is 4.20. The summed E-state index contributed by atoms with van der Waals surface area (Å²) in [6, 6.07) is 1.79. The zero-order chi connectivity index (χ0) is 10.7. The third-order valence-electron chi connectivity index (χ3n) is 2.08.